The number of nitrogens with one attached hydrogen (secondary N) is 2. The Balaban J connectivity index is 1.46. The van der Waals surface area contributed by atoms with E-state index in [1.165, 1.54) is 12.8 Å². The minimum Gasteiger partial charge on any atom is -0.360 e. The first-order chi connectivity index (χ1) is 15.0. The molecule has 2 aromatic rings. The van der Waals surface area contributed by atoms with Gasteiger partial charge in [-0.2, -0.15) is 0 Å². The highest BCUT2D eigenvalue weighted by Gasteiger charge is 2.37. The van der Waals surface area contributed by atoms with E-state index in [2.05, 4.69) is 39.0 Å². The average molecular weight is 423 g/mol. The van der Waals surface area contributed by atoms with Crippen LogP contribution >= 0.6 is 0 Å². The second-order valence-electron chi connectivity index (χ2n) is 8.65. The lowest BCUT2D eigenvalue weighted by Gasteiger charge is -2.46. The summed E-state index contributed by atoms with van der Waals surface area (Å²) in [6.45, 7) is 6.92. The van der Waals surface area contributed by atoms with Crippen LogP contribution in [0.2, 0.25) is 0 Å². The molecule has 1 saturated carbocycles. The Kier molecular flexibility index (Phi) is 6.46. The van der Waals surface area contributed by atoms with Crippen LogP contribution in [0.25, 0.3) is 11.3 Å². The molecule has 164 valence electrons. The van der Waals surface area contributed by atoms with E-state index >= 15 is 0 Å². The molecule has 31 heavy (non-hydrogen) atoms. The van der Waals surface area contributed by atoms with Crippen molar-refractivity contribution < 1.29 is 4.79 Å². The van der Waals surface area contributed by atoms with Crippen LogP contribution < -0.4 is 15.8 Å². The zero-order valence-corrected chi connectivity index (χ0v) is 18.1. The first kappa shape index (κ1) is 21.2. The van der Waals surface area contributed by atoms with Gasteiger partial charge in [-0.3, -0.25) is 19.6 Å². The molecule has 0 spiro atoms. The molecule has 0 bridgehead atoms. The van der Waals surface area contributed by atoms with Crippen LogP contribution in [0.3, 0.4) is 0 Å². The Bertz CT molecular complexity index is 977. The van der Waals surface area contributed by atoms with Crippen molar-refractivity contribution in [1.29, 1.82) is 0 Å². The van der Waals surface area contributed by atoms with Crippen LogP contribution in [0.15, 0.2) is 47.8 Å². The second-order valence-corrected chi connectivity index (χ2v) is 8.65. The number of aromatic amines is 1. The van der Waals surface area contributed by atoms with Gasteiger partial charge in [0.1, 0.15) is 5.69 Å². The summed E-state index contributed by atoms with van der Waals surface area (Å²) in [5.41, 5.74) is 2.08. The molecule has 0 radical (unpaired) electrons. The molecule has 8 heteroatoms. The summed E-state index contributed by atoms with van der Waals surface area (Å²) in [4.78, 5) is 40.5. The van der Waals surface area contributed by atoms with Crippen molar-refractivity contribution in [2.75, 3.05) is 31.1 Å². The van der Waals surface area contributed by atoms with E-state index < -0.39 is 0 Å². The third kappa shape index (κ3) is 5.38. The Labute approximate surface area is 182 Å². The van der Waals surface area contributed by atoms with Crippen molar-refractivity contribution >= 4 is 11.6 Å². The van der Waals surface area contributed by atoms with E-state index in [9.17, 15) is 9.59 Å². The molecule has 1 amide bonds. The smallest absolute Gasteiger partial charge is 0.271 e. The lowest BCUT2D eigenvalue weighted by molar-refractivity contribution is -0.130. The highest BCUT2D eigenvalue weighted by Crippen LogP contribution is 2.33. The number of nitrogens with zero attached hydrogens (tertiary/aromatic N) is 4. The van der Waals surface area contributed by atoms with Crippen molar-refractivity contribution in [3.63, 3.8) is 0 Å². The van der Waals surface area contributed by atoms with Gasteiger partial charge in [-0.25, -0.2) is 0 Å². The Morgan fingerprint density at radius 1 is 1.35 bits per heavy atom. The van der Waals surface area contributed by atoms with E-state index in [0.29, 0.717) is 37.3 Å². The lowest BCUT2D eigenvalue weighted by atomic mass is 10.0. The molecule has 3 heterocycles. The number of hydrogen-bond donors (Lipinski definition) is 2. The number of H-pyrrole nitrogens is 1. The van der Waals surface area contributed by atoms with Crippen LogP contribution in [0.4, 0.5) is 5.69 Å². The molecule has 1 saturated heterocycles. The predicted molar refractivity (Wildman–Crippen MR) is 121 cm³/mol. The van der Waals surface area contributed by atoms with Crippen molar-refractivity contribution in [1.82, 2.24) is 25.2 Å². The molecule has 2 fully saturated rings. The van der Waals surface area contributed by atoms with Crippen LogP contribution in [0.1, 0.15) is 26.7 Å². The minimum atomic E-state index is -0.113. The maximum Gasteiger partial charge on any atom is 0.271 e. The third-order valence-electron chi connectivity index (χ3n) is 5.72. The number of rotatable bonds is 9. The van der Waals surface area contributed by atoms with E-state index in [1.807, 2.05) is 17.0 Å². The van der Waals surface area contributed by atoms with E-state index in [4.69, 9.17) is 0 Å². The first-order valence-corrected chi connectivity index (χ1v) is 11.0. The molecule has 2 aliphatic rings. The first-order valence-electron chi connectivity index (χ1n) is 11.0. The Morgan fingerprint density at radius 3 is 2.84 bits per heavy atom. The van der Waals surface area contributed by atoms with Gasteiger partial charge in [0.2, 0.25) is 5.91 Å². The van der Waals surface area contributed by atoms with Crippen LogP contribution in [0.5, 0.6) is 0 Å². The number of amides is 1. The summed E-state index contributed by atoms with van der Waals surface area (Å²) >= 11 is 0. The maximum absolute atomic E-state index is 12.7. The standard InChI is InChI=1S/C23H30N6O2/c1-16(2)25-7-3-4-22(30)28-14-19(15-28)29(13-17-5-6-17)21-10-18(11-27-23(21)31)20-12-24-8-9-26-20/h3-4,8-12,16-17,19,25H,5-7,13-15H2,1-2H3,(H,27,31)/b4-3+. The average Bonchev–Trinajstić information content (AvgIpc) is 3.54. The summed E-state index contributed by atoms with van der Waals surface area (Å²) in [6.07, 6.45) is 12.5. The lowest BCUT2D eigenvalue weighted by Crippen LogP contribution is -2.62. The molecule has 0 aromatic carbocycles. The number of likely N-dealkylation sites (tertiary alicyclic amines) is 1. The summed E-state index contributed by atoms with van der Waals surface area (Å²) < 4.78 is 0. The molecule has 1 aliphatic carbocycles. The zero-order valence-electron chi connectivity index (χ0n) is 18.1. The van der Waals surface area contributed by atoms with Crippen molar-refractivity contribution in [2.45, 2.75) is 38.8 Å². The van der Waals surface area contributed by atoms with Gasteiger partial charge < -0.3 is 20.1 Å². The monoisotopic (exact) mass is 422 g/mol. The normalized spacial score (nSPS) is 16.7. The number of pyridine rings is 1. The summed E-state index contributed by atoms with van der Waals surface area (Å²) in [6, 6.07) is 2.43. The molecule has 2 N–H and O–H groups in total. The molecule has 8 nitrogen and oxygen atoms in total. The van der Waals surface area contributed by atoms with Gasteiger partial charge in [0.25, 0.3) is 5.56 Å². The number of anilines is 1. The fraction of sp³-hybridized carbons (Fsp3) is 0.478. The van der Waals surface area contributed by atoms with E-state index in [-0.39, 0.29) is 17.5 Å². The SMILES string of the molecule is CC(C)NC/C=C/C(=O)N1CC(N(CC2CC2)c2cc(-c3cnccn3)c[nH]c2=O)C1. The molecule has 1 aliphatic heterocycles. The maximum atomic E-state index is 12.7. The molecule has 0 atom stereocenters. The Morgan fingerprint density at radius 2 is 2.16 bits per heavy atom. The topological polar surface area (TPSA) is 94.2 Å². The highest BCUT2D eigenvalue weighted by atomic mass is 16.2. The molecular weight excluding hydrogens is 392 g/mol. The molecular formula is C23H30N6O2. The number of carbonyl (C=O) groups is 1. The highest BCUT2D eigenvalue weighted by molar-refractivity contribution is 5.88. The van der Waals surface area contributed by atoms with E-state index in [0.717, 1.165) is 17.8 Å². The summed E-state index contributed by atoms with van der Waals surface area (Å²) in [5, 5.41) is 3.26. The van der Waals surface area contributed by atoms with Crippen LogP contribution in [-0.4, -0.2) is 64.0 Å². The van der Waals surface area contributed by atoms with Crippen LogP contribution in [-0.2, 0) is 4.79 Å². The van der Waals surface area contributed by atoms with Crippen LogP contribution in [0, 0.1) is 5.92 Å². The van der Waals surface area contributed by atoms with Crippen molar-refractivity contribution in [3.8, 4) is 11.3 Å². The fourth-order valence-corrected chi connectivity index (χ4v) is 3.71. The fourth-order valence-electron chi connectivity index (χ4n) is 3.71. The largest absolute Gasteiger partial charge is 0.360 e. The summed E-state index contributed by atoms with van der Waals surface area (Å²) in [5.74, 6) is 0.640. The summed E-state index contributed by atoms with van der Waals surface area (Å²) in [7, 11) is 0. The third-order valence-corrected chi connectivity index (χ3v) is 5.72. The van der Waals surface area contributed by atoms with Gasteiger partial charge in [-0.1, -0.05) is 19.9 Å². The quantitative estimate of drug-likeness (QED) is 0.599. The zero-order chi connectivity index (χ0) is 21.8. The van der Waals surface area contributed by atoms with E-state index in [1.54, 1.807) is 30.9 Å². The number of hydrogen-bond acceptors (Lipinski definition) is 6. The van der Waals surface area contributed by atoms with Crippen molar-refractivity contribution in [2.24, 2.45) is 5.92 Å². The second kappa shape index (κ2) is 9.43. The van der Waals surface area contributed by atoms with Crippen molar-refractivity contribution in [3.05, 3.63) is 53.4 Å². The Hall–Kier alpha value is -3.00. The predicted octanol–water partition coefficient (Wildman–Crippen LogP) is 1.81. The van der Waals surface area contributed by atoms with Gasteiger partial charge in [0.15, 0.2) is 0 Å². The molecule has 0 unspecified atom stereocenters. The van der Waals surface area contributed by atoms with Gasteiger partial charge in [0, 0.05) is 62.5 Å². The van der Waals surface area contributed by atoms with Gasteiger partial charge >= 0.3 is 0 Å². The van der Waals surface area contributed by atoms with Gasteiger partial charge in [0.05, 0.1) is 17.9 Å². The number of aromatic nitrogens is 3. The number of carbonyl (C=O) groups excluding carboxylic acids is 1. The van der Waals surface area contributed by atoms with Gasteiger partial charge in [-0.15, -0.1) is 0 Å². The minimum absolute atomic E-state index is 0.0235. The molecule has 4 rings (SSSR count). The molecule has 2 aromatic heterocycles. The van der Waals surface area contributed by atoms with Gasteiger partial charge in [-0.05, 0) is 24.8 Å².